The first-order valence-corrected chi connectivity index (χ1v) is 11.0. The van der Waals surface area contributed by atoms with Crippen LogP contribution in [0.5, 0.6) is 11.6 Å². The van der Waals surface area contributed by atoms with Crippen LogP contribution in [0.3, 0.4) is 0 Å². The zero-order valence-electron chi connectivity index (χ0n) is 19.3. The van der Waals surface area contributed by atoms with Gasteiger partial charge in [0.25, 0.3) is 0 Å². The lowest BCUT2D eigenvalue weighted by Crippen LogP contribution is -2.31. The highest BCUT2D eigenvalue weighted by atomic mass is 16.5. The topological polar surface area (TPSA) is 115 Å². The maximum Gasteiger partial charge on any atom is 0.230 e. The van der Waals surface area contributed by atoms with Crippen LogP contribution in [0, 0.1) is 36.5 Å². The summed E-state index contributed by atoms with van der Waals surface area (Å²) < 4.78 is 6.36. The van der Waals surface area contributed by atoms with E-state index in [1.54, 1.807) is 48.2 Å². The van der Waals surface area contributed by atoms with E-state index in [2.05, 4.69) is 22.4 Å². The first kappa shape index (κ1) is 22.8. The van der Waals surface area contributed by atoms with Gasteiger partial charge < -0.3 is 15.0 Å². The molecule has 1 aromatic heterocycles. The first-order chi connectivity index (χ1) is 16.4. The molecule has 1 amide bonds. The first-order valence-electron chi connectivity index (χ1n) is 11.0. The van der Waals surface area contributed by atoms with Crippen LogP contribution in [-0.2, 0) is 17.6 Å². The summed E-state index contributed by atoms with van der Waals surface area (Å²) in [6.45, 7) is 6.51. The maximum absolute atomic E-state index is 12.0. The molecule has 0 aliphatic carbocycles. The molecule has 170 valence electrons. The molecular formula is C26H24N6O2. The predicted molar refractivity (Wildman–Crippen MR) is 127 cm³/mol. The van der Waals surface area contributed by atoms with E-state index < -0.39 is 0 Å². The number of anilines is 2. The van der Waals surface area contributed by atoms with Crippen LogP contribution in [0.2, 0.25) is 0 Å². The summed E-state index contributed by atoms with van der Waals surface area (Å²) >= 11 is 0. The Morgan fingerprint density at radius 1 is 1.00 bits per heavy atom. The number of rotatable bonds is 4. The van der Waals surface area contributed by atoms with Crippen molar-refractivity contribution >= 4 is 17.5 Å². The highest BCUT2D eigenvalue weighted by Gasteiger charge is 2.23. The van der Waals surface area contributed by atoms with E-state index in [0.717, 1.165) is 28.1 Å². The monoisotopic (exact) mass is 452 g/mol. The second kappa shape index (κ2) is 9.60. The zero-order chi connectivity index (χ0) is 24.2. The third kappa shape index (κ3) is 4.82. The molecule has 0 fully saturated rings. The molecule has 0 saturated heterocycles. The summed E-state index contributed by atoms with van der Waals surface area (Å²) in [5, 5.41) is 21.5. The molecule has 3 aromatic rings. The van der Waals surface area contributed by atoms with Crippen LogP contribution in [0.25, 0.3) is 0 Å². The number of ether oxygens (including phenoxy) is 1. The van der Waals surface area contributed by atoms with Crippen LogP contribution in [0.15, 0.2) is 36.4 Å². The third-order valence-corrected chi connectivity index (χ3v) is 5.81. The van der Waals surface area contributed by atoms with Gasteiger partial charge in [-0.25, -0.2) is 4.98 Å². The average molecular weight is 453 g/mol. The van der Waals surface area contributed by atoms with Crippen molar-refractivity contribution in [2.24, 2.45) is 0 Å². The molecule has 0 spiro atoms. The van der Waals surface area contributed by atoms with Gasteiger partial charge >= 0.3 is 0 Å². The smallest absolute Gasteiger partial charge is 0.230 e. The number of amides is 1. The Morgan fingerprint density at radius 2 is 1.65 bits per heavy atom. The summed E-state index contributed by atoms with van der Waals surface area (Å²) in [5.74, 6) is 1.48. The molecule has 0 atom stereocenters. The summed E-state index contributed by atoms with van der Waals surface area (Å²) in [6.07, 6.45) is 1.16. The van der Waals surface area contributed by atoms with Crippen molar-refractivity contribution in [3.8, 4) is 23.8 Å². The summed E-state index contributed by atoms with van der Waals surface area (Å²) in [5.41, 5.74) is 5.26. The average Bonchev–Trinajstić information content (AvgIpc) is 3.04. The van der Waals surface area contributed by atoms with Crippen LogP contribution in [-0.4, -0.2) is 33.9 Å². The second-order valence-corrected chi connectivity index (χ2v) is 8.25. The Labute approximate surface area is 198 Å². The van der Waals surface area contributed by atoms with Crippen LogP contribution in [0.4, 0.5) is 11.6 Å². The van der Waals surface area contributed by atoms with Gasteiger partial charge in [0.15, 0.2) is 0 Å². The number of hydrogen-bond donors (Lipinski definition) is 1. The highest BCUT2D eigenvalue weighted by Crippen LogP contribution is 2.34. The number of nitriles is 2. The molecule has 34 heavy (non-hydrogen) atoms. The Balaban J connectivity index is 1.74. The van der Waals surface area contributed by atoms with Crippen LogP contribution >= 0.6 is 0 Å². The molecule has 0 saturated carbocycles. The molecule has 0 radical (unpaired) electrons. The minimum absolute atomic E-state index is 0.0259. The minimum Gasteiger partial charge on any atom is -0.438 e. The molecule has 1 aliphatic rings. The number of fused-ring (bicyclic) bond motifs is 1. The van der Waals surface area contributed by atoms with E-state index in [4.69, 9.17) is 15.0 Å². The fourth-order valence-corrected chi connectivity index (χ4v) is 4.05. The van der Waals surface area contributed by atoms with Crippen molar-refractivity contribution in [3.05, 3.63) is 69.9 Å². The van der Waals surface area contributed by atoms with Gasteiger partial charge in [-0.3, -0.25) is 4.79 Å². The lowest BCUT2D eigenvalue weighted by atomic mass is 10.1. The van der Waals surface area contributed by atoms with Gasteiger partial charge in [-0.05, 0) is 67.8 Å². The van der Waals surface area contributed by atoms with E-state index in [0.29, 0.717) is 54.6 Å². The van der Waals surface area contributed by atoms with E-state index >= 15 is 0 Å². The normalized spacial score (nSPS) is 12.7. The largest absolute Gasteiger partial charge is 0.438 e. The number of carbonyl (C=O) groups is 1. The summed E-state index contributed by atoms with van der Waals surface area (Å²) in [6, 6.07) is 14.9. The van der Waals surface area contributed by atoms with Crippen molar-refractivity contribution in [3.63, 3.8) is 0 Å². The SMILES string of the molecule is CC(=O)N1CCc2nc(Nc3ccc(C#N)cc3)nc(Oc3c(C)cc(C#N)cc3C)c2CC1. The Bertz CT molecular complexity index is 1310. The number of aromatic nitrogens is 2. The number of aryl methyl sites for hydroxylation is 2. The molecule has 0 bridgehead atoms. The van der Waals surface area contributed by atoms with E-state index in [9.17, 15) is 10.1 Å². The molecule has 2 heterocycles. The van der Waals surface area contributed by atoms with Crippen molar-refractivity contribution < 1.29 is 9.53 Å². The van der Waals surface area contributed by atoms with E-state index in [-0.39, 0.29) is 5.91 Å². The molecule has 0 unspecified atom stereocenters. The molecule has 2 aromatic carbocycles. The fraction of sp³-hybridized carbons (Fsp3) is 0.269. The third-order valence-electron chi connectivity index (χ3n) is 5.81. The second-order valence-electron chi connectivity index (χ2n) is 8.25. The molecule has 4 rings (SSSR count). The quantitative estimate of drug-likeness (QED) is 0.627. The number of benzene rings is 2. The van der Waals surface area contributed by atoms with Crippen LogP contribution in [0.1, 0.15) is 40.4 Å². The van der Waals surface area contributed by atoms with Gasteiger partial charge in [-0.2, -0.15) is 15.5 Å². The van der Waals surface area contributed by atoms with Gasteiger partial charge in [0, 0.05) is 37.7 Å². The minimum atomic E-state index is 0.0259. The predicted octanol–water partition coefficient (Wildman–Crippen LogP) is 4.32. The van der Waals surface area contributed by atoms with Gasteiger partial charge in [0.05, 0.1) is 29.0 Å². The fourth-order valence-electron chi connectivity index (χ4n) is 4.05. The van der Waals surface area contributed by atoms with Gasteiger partial charge in [-0.15, -0.1) is 0 Å². The van der Waals surface area contributed by atoms with Crippen molar-refractivity contribution in [1.82, 2.24) is 14.9 Å². The van der Waals surface area contributed by atoms with Crippen molar-refractivity contribution in [1.29, 1.82) is 10.5 Å². The lowest BCUT2D eigenvalue weighted by molar-refractivity contribution is -0.128. The van der Waals surface area contributed by atoms with Crippen molar-refractivity contribution in [2.75, 3.05) is 18.4 Å². The summed E-state index contributed by atoms with van der Waals surface area (Å²) in [4.78, 5) is 23.2. The number of hydrogen-bond acceptors (Lipinski definition) is 7. The maximum atomic E-state index is 12.0. The molecular weight excluding hydrogens is 428 g/mol. The lowest BCUT2D eigenvalue weighted by Gasteiger charge is -2.18. The van der Waals surface area contributed by atoms with Gasteiger partial charge in [0.2, 0.25) is 17.7 Å². The van der Waals surface area contributed by atoms with Gasteiger partial charge in [-0.1, -0.05) is 0 Å². The standard InChI is InChI=1S/C26H24N6O2/c1-16-12-20(15-28)13-17(2)24(16)34-25-22-8-10-32(18(3)33)11-9-23(22)30-26(31-25)29-21-6-4-19(14-27)5-7-21/h4-7,12-13H,8-11H2,1-3H3,(H,29,30,31). The number of nitrogens with zero attached hydrogens (tertiary/aromatic N) is 5. The van der Waals surface area contributed by atoms with E-state index in [1.165, 1.54) is 0 Å². The number of nitrogens with one attached hydrogen (secondary N) is 1. The van der Waals surface area contributed by atoms with Crippen LogP contribution < -0.4 is 10.1 Å². The van der Waals surface area contributed by atoms with Gasteiger partial charge in [0.1, 0.15) is 5.75 Å². The summed E-state index contributed by atoms with van der Waals surface area (Å²) in [7, 11) is 0. The van der Waals surface area contributed by atoms with Crippen molar-refractivity contribution in [2.45, 2.75) is 33.6 Å². The molecule has 8 heteroatoms. The Hall–Kier alpha value is -4.43. The van der Waals surface area contributed by atoms with E-state index in [1.807, 2.05) is 13.8 Å². The number of carbonyl (C=O) groups excluding carboxylic acids is 1. The molecule has 1 aliphatic heterocycles. The zero-order valence-corrected chi connectivity index (χ0v) is 19.3. The highest BCUT2D eigenvalue weighted by molar-refractivity contribution is 5.73. The molecule has 1 N–H and O–H groups in total. The molecule has 8 nitrogen and oxygen atoms in total. The Kier molecular flexibility index (Phi) is 6.42. The Morgan fingerprint density at radius 3 is 2.26 bits per heavy atom.